The zero-order valence-corrected chi connectivity index (χ0v) is 10.5. The highest BCUT2D eigenvalue weighted by Crippen LogP contribution is 2.26. The molecule has 0 aliphatic carbocycles. The van der Waals surface area contributed by atoms with Gasteiger partial charge in [-0.25, -0.2) is 9.97 Å². The van der Waals surface area contributed by atoms with Crippen molar-refractivity contribution < 1.29 is 0 Å². The van der Waals surface area contributed by atoms with Gasteiger partial charge >= 0.3 is 0 Å². The molecule has 2 rings (SSSR count). The molecule has 2 aromatic rings. The van der Waals surface area contributed by atoms with Crippen LogP contribution in [0.1, 0.15) is 26.5 Å². The quantitative estimate of drug-likeness (QED) is 0.823. The first kappa shape index (κ1) is 11.1. The summed E-state index contributed by atoms with van der Waals surface area (Å²) in [7, 11) is 0. The summed E-state index contributed by atoms with van der Waals surface area (Å²) in [6, 6.07) is 4.05. The summed E-state index contributed by atoms with van der Waals surface area (Å²) in [5.74, 6) is 0.341. The standard InChI is InChI=1S/C12H15N3S/c1-12(2,3)10-6-9(14-11(13)15-10)8-4-5-16-7-8/h4-7H,1-3H3,(H2,13,14,15). The molecule has 0 saturated heterocycles. The SMILES string of the molecule is CC(C)(C)c1cc(-c2ccsc2)nc(N)n1. The van der Waals surface area contributed by atoms with Crippen LogP contribution in [-0.2, 0) is 5.41 Å². The van der Waals surface area contributed by atoms with Crippen molar-refractivity contribution in [2.75, 3.05) is 5.73 Å². The molecule has 0 aromatic carbocycles. The van der Waals surface area contributed by atoms with Gasteiger partial charge in [0.25, 0.3) is 0 Å². The van der Waals surface area contributed by atoms with Crippen LogP contribution in [0.15, 0.2) is 22.9 Å². The number of nitrogens with two attached hydrogens (primary N) is 1. The van der Waals surface area contributed by atoms with Crippen molar-refractivity contribution in [2.45, 2.75) is 26.2 Å². The van der Waals surface area contributed by atoms with Crippen LogP contribution >= 0.6 is 11.3 Å². The third kappa shape index (κ3) is 2.22. The van der Waals surface area contributed by atoms with Crippen LogP contribution in [0.25, 0.3) is 11.3 Å². The average molecular weight is 233 g/mol. The first-order valence-corrected chi connectivity index (χ1v) is 6.09. The summed E-state index contributed by atoms with van der Waals surface area (Å²) >= 11 is 1.65. The maximum atomic E-state index is 5.74. The summed E-state index contributed by atoms with van der Waals surface area (Å²) in [5.41, 5.74) is 8.71. The smallest absolute Gasteiger partial charge is 0.220 e. The van der Waals surface area contributed by atoms with Crippen molar-refractivity contribution >= 4 is 17.3 Å². The minimum absolute atomic E-state index is 0.0121. The predicted molar refractivity (Wildman–Crippen MR) is 68.5 cm³/mol. The van der Waals surface area contributed by atoms with E-state index < -0.39 is 0 Å². The number of rotatable bonds is 1. The van der Waals surface area contributed by atoms with Gasteiger partial charge in [-0.15, -0.1) is 0 Å². The number of nitrogen functional groups attached to an aromatic ring is 1. The van der Waals surface area contributed by atoms with E-state index in [1.54, 1.807) is 11.3 Å². The monoisotopic (exact) mass is 233 g/mol. The Hall–Kier alpha value is -1.42. The van der Waals surface area contributed by atoms with E-state index in [1.807, 2.05) is 17.5 Å². The van der Waals surface area contributed by atoms with Gasteiger partial charge in [0.05, 0.1) is 11.4 Å². The van der Waals surface area contributed by atoms with Gasteiger partial charge in [0.2, 0.25) is 5.95 Å². The lowest BCUT2D eigenvalue weighted by Crippen LogP contribution is -2.15. The molecule has 2 aromatic heterocycles. The van der Waals surface area contributed by atoms with Gasteiger partial charge in [0.1, 0.15) is 0 Å². The summed E-state index contributed by atoms with van der Waals surface area (Å²) < 4.78 is 0. The number of anilines is 1. The molecule has 0 spiro atoms. The highest BCUT2D eigenvalue weighted by atomic mass is 32.1. The third-order valence-electron chi connectivity index (χ3n) is 2.33. The van der Waals surface area contributed by atoms with E-state index in [-0.39, 0.29) is 5.41 Å². The average Bonchev–Trinajstić information content (AvgIpc) is 2.68. The van der Waals surface area contributed by atoms with Crippen molar-refractivity contribution in [3.05, 3.63) is 28.6 Å². The largest absolute Gasteiger partial charge is 0.368 e. The molecule has 3 nitrogen and oxygen atoms in total. The lowest BCUT2D eigenvalue weighted by Gasteiger charge is -2.18. The minimum Gasteiger partial charge on any atom is -0.368 e. The first-order chi connectivity index (χ1) is 7.47. The molecule has 0 saturated carbocycles. The molecule has 0 fully saturated rings. The molecule has 0 aliphatic heterocycles. The van der Waals surface area contributed by atoms with Crippen molar-refractivity contribution in [3.63, 3.8) is 0 Å². The van der Waals surface area contributed by atoms with E-state index in [2.05, 4.69) is 36.1 Å². The molecule has 0 radical (unpaired) electrons. The second kappa shape index (κ2) is 3.87. The maximum Gasteiger partial charge on any atom is 0.220 e. The summed E-state index contributed by atoms with van der Waals surface area (Å²) in [5, 5.41) is 4.10. The van der Waals surface area contributed by atoms with Crippen LogP contribution in [0.2, 0.25) is 0 Å². The summed E-state index contributed by atoms with van der Waals surface area (Å²) in [6.45, 7) is 6.35. The van der Waals surface area contributed by atoms with E-state index in [0.29, 0.717) is 5.95 Å². The molecule has 0 amide bonds. The summed E-state index contributed by atoms with van der Waals surface area (Å²) in [6.07, 6.45) is 0. The Morgan fingerprint density at radius 3 is 2.56 bits per heavy atom. The van der Waals surface area contributed by atoms with Crippen molar-refractivity contribution in [3.8, 4) is 11.3 Å². The fourth-order valence-electron chi connectivity index (χ4n) is 1.41. The zero-order chi connectivity index (χ0) is 11.8. The van der Waals surface area contributed by atoms with Crippen LogP contribution in [0.4, 0.5) is 5.95 Å². The topological polar surface area (TPSA) is 51.8 Å². The Labute approximate surface area is 99.4 Å². The highest BCUT2D eigenvalue weighted by molar-refractivity contribution is 7.08. The fourth-order valence-corrected chi connectivity index (χ4v) is 2.06. The zero-order valence-electron chi connectivity index (χ0n) is 9.69. The van der Waals surface area contributed by atoms with Gasteiger partial charge in [0.15, 0.2) is 0 Å². The minimum atomic E-state index is -0.0121. The second-order valence-electron chi connectivity index (χ2n) is 4.76. The Bertz CT molecular complexity index is 483. The van der Waals surface area contributed by atoms with Crippen LogP contribution in [0.3, 0.4) is 0 Å². The number of aromatic nitrogens is 2. The second-order valence-corrected chi connectivity index (χ2v) is 5.54. The fraction of sp³-hybridized carbons (Fsp3) is 0.333. The molecule has 16 heavy (non-hydrogen) atoms. The summed E-state index contributed by atoms with van der Waals surface area (Å²) in [4.78, 5) is 8.55. The van der Waals surface area contributed by atoms with Crippen molar-refractivity contribution in [1.29, 1.82) is 0 Å². The lowest BCUT2D eigenvalue weighted by atomic mass is 9.91. The number of hydrogen-bond acceptors (Lipinski definition) is 4. The molecule has 2 heterocycles. The maximum absolute atomic E-state index is 5.74. The lowest BCUT2D eigenvalue weighted by molar-refractivity contribution is 0.568. The molecule has 4 heteroatoms. The molecule has 0 atom stereocenters. The normalized spacial score (nSPS) is 11.7. The molecular weight excluding hydrogens is 218 g/mol. The van der Waals surface area contributed by atoms with Crippen LogP contribution in [0.5, 0.6) is 0 Å². The Balaban J connectivity index is 2.53. The van der Waals surface area contributed by atoms with Crippen LogP contribution < -0.4 is 5.73 Å². The Morgan fingerprint density at radius 1 is 1.25 bits per heavy atom. The molecule has 0 unspecified atom stereocenters. The van der Waals surface area contributed by atoms with E-state index in [4.69, 9.17) is 5.73 Å². The molecular formula is C12H15N3S. The van der Waals surface area contributed by atoms with E-state index >= 15 is 0 Å². The number of hydrogen-bond donors (Lipinski definition) is 1. The molecule has 84 valence electrons. The number of nitrogens with zero attached hydrogens (tertiary/aromatic N) is 2. The van der Waals surface area contributed by atoms with Gasteiger partial charge in [0, 0.05) is 16.4 Å². The van der Waals surface area contributed by atoms with Crippen molar-refractivity contribution in [1.82, 2.24) is 9.97 Å². The highest BCUT2D eigenvalue weighted by Gasteiger charge is 2.17. The van der Waals surface area contributed by atoms with Gasteiger partial charge in [-0.1, -0.05) is 20.8 Å². The Morgan fingerprint density at radius 2 is 2.00 bits per heavy atom. The van der Waals surface area contributed by atoms with E-state index in [0.717, 1.165) is 17.0 Å². The number of thiophene rings is 1. The van der Waals surface area contributed by atoms with Crippen molar-refractivity contribution in [2.24, 2.45) is 0 Å². The third-order valence-corrected chi connectivity index (χ3v) is 3.01. The van der Waals surface area contributed by atoms with Gasteiger partial charge in [-0.05, 0) is 17.5 Å². The molecule has 0 aliphatic rings. The van der Waals surface area contributed by atoms with Crippen LogP contribution in [0, 0.1) is 0 Å². The molecule has 0 bridgehead atoms. The van der Waals surface area contributed by atoms with Gasteiger partial charge in [-0.3, -0.25) is 0 Å². The van der Waals surface area contributed by atoms with Gasteiger partial charge < -0.3 is 5.73 Å². The van der Waals surface area contributed by atoms with E-state index in [9.17, 15) is 0 Å². The van der Waals surface area contributed by atoms with Crippen LogP contribution in [-0.4, -0.2) is 9.97 Å². The first-order valence-electron chi connectivity index (χ1n) is 5.14. The Kier molecular flexibility index (Phi) is 2.68. The predicted octanol–water partition coefficient (Wildman–Crippen LogP) is 3.08. The molecule has 2 N–H and O–H groups in total. The van der Waals surface area contributed by atoms with Gasteiger partial charge in [-0.2, -0.15) is 11.3 Å². The van der Waals surface area contributed by atoms with E-state index in [1.165, 1.54) is 0 Å².